The highest BCUT2D eigenvalue weighted by Crippen LogP contribution is 2.21. The van der Waals surface area contributed by atoms with Gasteiger partial charge in [-0.1, -0.05) is 19.9 Å². The van der Waals surface area contributed by atoms with E-state index < -0.39 is 0 Å². The molecule has 1 aromatic heterocycles. The van der Waals surface area contributed by atoms with Crippen molar-refractivity contribution in [3.8, 4) is 0 Å². The van der Waals surface area contributed by atoms with Crippen LogP contribution >= 0.6 is 0 Å². The number of anilines is 1. The molecule has 3 rings (SSSR count). The van der Waals surface area contributed by atoms with Crippen molar-refractivity contribution in [3.05, 3.63) is 23.9 Å². The molecule has 132 valence electrons. The quantitative estimate of drug-likeness (QED) is 0.684. The van der Waals surface area contributed by atoms with Crippen molar-refractivity contribution in [3.63, 3.8) is 0 Å². The summed E-state index contributed by atoms with van der Waals surface area (Å²) < 4.78 is 0. The molecule has 5 nitrogen and oxygen atoms in total. The van der Waals surface area contributed by atoms with Crippen molar-refractivity contribution in [2.45, 2.75) is 46.1 Å². The molecule has 2 fully saturated rings. The third-order valence-corrected chi connectivity index (χ3v) is 5.32. The van der Waals surface area contributed by atoms with Crippen molar-refractivity contribution in [2.75, 3.05) is 31.1 Å². The van der Waals surface area contributed by atoms with E-state index in [1.54, 1.807) is 0 Å². The first-order valence-electron chi connectivity index (χ1n) is 9.36. The van der Waals surface area contributed by atoms with Gasteiger partial charge in [0.1, 0.15) is 5.82 Å². The van der Waals surface area contributed by atoms with Crippen LogP contribution < -0.4 is 10.6 Å². The second kappa shape index (κ2) is 7.86. The molecule has 1 aromatic rings. The molecule has 0 aromatic carbocycles. The van der Waals surface area contributed by atoms with Crippen molar-refractivity contribution in [2.24, 2.45) is 22.6 Å². The predicted octanol–water partition coefficient (Wildman–Crippen LogP) is 2.86. The number of hydrogen-bond acceptors (Lipinski definition) is 3. The Bertz CT molecular complexity index is 545. The zero-order valence-corrected chi connectivity index (χ0v) is 15.1. The van der Waals surface area contributed by atoms with Gasteiger partial charge in [-0.15, -0.1) is 0 Å². The lowest BCUT2D eigenvalue weighted by Gasteiger charge is -2.31. The Morgan fingerprint density at radius 2 is 1.96 bits per heavy atom. The minimum Gasteiger partial charge on any atom is -0.370 e. The molecule has 2 N–H and O–H groups in total. The van der Waals surface area contributed by atoms with E-state index in [0.717, 1.165) is 43.5 Å². The molecule has 0 amide bonds. The van der Waals surface area contributed by atoms with Crippen LogP contribution in [0.3, 0.4) is 0 Å². The van der Waals surface area contributed by atoms with Crippen LogP contribution in [0, 0.1) is 11.8 Å². The maximum Gasteiger partial charge on any atom is 0.191 e. The fourth-order valence-electron chi connectivity index (χ4n) is 3.60. The van der Waals surface area contributed by atoms with Gasteiger partial charge in [-0.05, 0) is 49.1 Å². The van der Waals surface area contributed by atoms with E-state index in [0.29, 0.717) is 18.4 Å². The average Bonchev–Trinajstić information content (AvgIpc) is 2.61. The molecule has 0 spiro atoms. The maximum atomic E-state index is 6.17. The fourth-order valence-corrected chi connectivity index (χ4v) is 3.60. The van der Waals surface area contributed by atoms with Gasteiger partial charge in [0.15, 0.2) is 5.96 Å². The second-order valence-corrected chi connectivity index (χ2v) is 7.56. The number of aliphatic imine (C=N–C) groups is 1. The molecule has 0 saturated carbocycles. The molecular weight excluding hydrogens is 298 g/mol. The third-order valence-electron chi connectivity index (χ3n) is 5.32. The van der Waals surface area contributed by atoms with E-state index in [4.69, 9.17) is 5.73 Å². The van der Waals surface area contributed by atoms with Gasteiger partial charge in [0.2, 0.25) is 0 Å². The predicted molar refractivity (Wildman–Crippen MR) is 100 cm³/mol. The lowest BCUT2D eigenvalue weighted by Crippen LogP contribution is -2.43. The molecule has 0 radical (unpaired) electrons. The molecule has 2 aliphatic rings. The van der Waals surface area contributed by atoms with Crippen LogP contribution in [0.4, 0.5) is 5.82 Å². The normalized spacial score (nSPS) is 23.6. The Morgan fingerprint density at radius 3 is 2.62 bits per heavy atom. The maximum absolute atomic E-state index is 6.17. The van der Waals surface area contributed by atoms with Gasteiger partial charge in [0.05, 0.1) is 6.54 Å². The number of piperidine rings is 2. The first-order valence-corrected chi connectivity index (χ1v) is 9.36. The molecule has 0 bridgehead atoms. The summed E-state index contributed by atoms with van der Waals surface area (Å²) in [6.07, 6.45) is 6.98. The fraction of sp³-hybridized carbons (Fsp3) is 0.684. The molecule has 5 heteroatoms. The lowest BCUT2D eigenvalue weighted by molar-refractivity contribution is 0.270. The van der Waals surface area contributed by atoms with Gasteiger partial charge in [-0.25, -0.2) is 9.98 Å². The number of pyridine rings is 1. The summed E-state index contributed by atoms with van der Waals surface area (Å²) in [4.78, 5) is 13.8. The van der Waals surface area contributed by atoms with Crippen molar-refractivity contribution in [1.29, 1.82) is 0 Å². The van der Waals surface area contributed by atoms with E-state index in [9.17, 15) is 0 Å². The van der Waals surface area contributed by atoms with Crippen LogP contribution in [0.5, 0.6) is 0 Å². The van der Waals surface area contributed by atoms with Crippen LogP contribution in [0.1, 0.15) is 45.1 Å². The van der Waals surface area contributed by atoms with Gasteiger partial charge in [-0.2, -0.15) is 0 Å². The zero-order valence-electron chi connectivity index (χ0n) is 15.1. The van der Waals surface area contributed by atoms with Gasteiger partial charge in [-0.3, -0.25) is 0 Å². The van der Waals surface area contributed by atoms with Crippen molar-refractivity contribution >= 4 is 11.8 Å². The van der Waals surface area contributed by atoms with Crippen LogP contribution in [-0.4, -0.2) is 42.0 Å². The molecule has 24 heavy (non-hydrogen) atoms. The molecule has 2 saturated heterocycles. The lowest BCUT2D eigenvalue weighted by atomic mass is 9.99. The number of hydrogen-bond donors (Lipinski definition) is 1. The summed E-state index contributed by atoms with van der Waals surface area (Å²) in [6.45, 7) is 9.52. The number of rotatable bonds is 3. The molecule has 1 unspecified atom stereocenters. The Kier molecular flexibility index (Phi) is 5.59. The van der Waals surface area contributed by atoms with Gasteiger partial charge < -0.3 is 15.5 Å². The smallest absolute Gasteiger partial charge is 0.191 e. The van der Waals surface area contributed by atoms with E-state index in [2.05, 4.69) is 45.8 Å². The standard InChI is InChI=1S/C19H31N5/c1-15-7-10-23(11-8-15)18-6-5-17(12-21-18)13-22-19(20)24-9-3-4-16(2)14-24/h5-6,12,15-16H,3-4,7-11,13-14H2,1-2H3,(H2,20,22). The summed E-state index contributed by atoms with van der Waals surface area (Å²) in [5.74, 6) is 3.32. The highest BCUT2D eigenvalue weighted by atomic mass is 15.3. The summed E-state index contributed by atoms with van der Waals surface area (Å²) in [5, 5.41) is 0. The third kappa shape index (κ3) is 4.40. The number of nitrogens with two attached hydrogens (primary N) is 1. The van der Waals surface area contributed by atoms with Crippen LogP contribution in [0.25, 0.3) is 0 Å². The molecular formula is C19H31N5. The average molecular weight is 329 g/mol. The van der Waals surface area contributed by atoms with Crippen molar-refractivity contribution in [1.82, 2.24) is 9.88 Å². The van der Waals surface area contributed by atoms with E-state index in [1.165, 1.54) is 25.7 Å². The topological polar surface area (TPSA) is 57.8 Å². The van der Waals surface area contributed by atoms with E-state index in [-0.39, 0.29) is 0 Å². The SMILES string of the molecule is CC1CCN(c2ccc(CN=C(N)N3CCCC(C)C3)cn2)CC1. The van der Waals surface area contributed by atoms with E-state index >= 15 is 0 Å². The number of aromatic nitrogens is 1. The Labute approximate surface area is 146 Å². The minimum absolute atomic E-state index is 0.612. The largest absolute Gasteiger partial charge is 0.370 e. The Hall–Kier alpha value is -1.78. The van der Waals surface area contributed by atoms with Crippen LogP contribution in [-0.2, 0) is 6.54 Å². The number of likely N-dealkylation sites (tertiary alicyclic amines) is 1. The molecule has 1 atom stereocenters. The van der Waals surface area contributed by atoms with Crippen LogP contribution in [0.15, 0.2) is 23.3 Å². The summed E-state index contributed by atoms with van der Waals surface area (Å²) >= 11 is 0. The highest BCUT2D eigenvalue weighted by Gasteiger charge is 2.18. The second-order valence-electron chi connectivity index (χ2n) is 7.56. The first-order chi connectivity index (χ1) is 11.6. The highest BCUT2D eigenvalue weighted by molar-refractivity contribution is 5.78. The summed E-state index contributed by atoms with van der Waals surface area (Å²) in [7, 11) is 0. The van der Waals surface area contributed by atoms with Gasteiger partial charge >= 0.3 is 0 Å². The zero-order chi connectivity index (χ0) is 16.9. The molecule has 2 aliphatic heterocycles. The Morgan fingerprint density at radius 1 is 1.17 bits per heavy atom. The van der Waals surface area contributed by atoms with E-state index in [1.807, 2.05) is 6.20 Å². The van der Waals surface area contributed by atoms with Gasteiger partial charge in [0, 0.05) is 32.4 Å². The number of nitrogens with zero attached hydrogens (tertiary/aromatic N) is 4. The summed E-state index contributed by atoms with van der Waals surface area (Å²) in [5.41, 5.74) is 7.29. The molecule has 3 heterocycles. The monoisotopic (exact) mass is 329 g/mol. The first kappa shape index (κ1) is 17.1. The number of guanidine groups is 1. The Balaban J connectivity index is 1.55. The molecule has 0 aliphatic carbocycles. The van der Waals surface area contributed by atoms with Crippen LogP contribution in [0.2, 0.25) is 0 Å². The minimum atomic E-state index is 0.612. The van der Waals surface area contributed by atoms with Gasteiger partial charge in [0.25, 0.3) is 0 Å². The summed E-state index contributed by atoms with van der Waals surface area (Å²) in [6, 6.07) is 4.26. The van der Waals surface area contributed by atoms with Crippen molar-refractivity contribution < 1.29 is 0 Å².